The molecule has 3 aromatic rings. The number of nitrogens with zero attached hydrogens (tertiary/aromatic N) is 2. The highest BCUT2D eigenvalue weighted by Gasteiger charge is 2.12. The van der Waals surface area contributed by atoms with Gasteiger partial charge in [0.2, 0.25) is 5.91 Å². The Kier molecular flexibility index (Phi) is 6.32. The number of carbonyl (C=O) groups is 1. The smallest absolute Gasteiger partial charge is 0.272 e. The monoisotopic (exact) mass is 393 g/mol. The van der Waals surface area contributed by atoms with E-state index >= 15 is 0 Å². The van der Waals surface area contributed by atoms with Crippen molar-refractivity contribution in [3.63, 3.8) is 0 Å². The number of fused-ring (bicyclic) bond motifs is 1. The number of nitrogens with one attached hydrogen (secondary N) is 1. The molecule has 0 aliphatic heterocycles. The molecule has 1 amide bonds. The quantitative estimate of drug-likeness (QED) is 0.667. The van der Waals surface area contributed by atoms with Gasteiger partial charge in [0.25, 0.3) is 5.56 Å². The molecule has 1 N–H and O–H groups in total. The first kappa shape index (κ1) is 20.6. The molecule has 1 heterocycles. The van der Waals surface area contributed by atoms with Crippen molar-refractivity contribution in [2.75, 3.05) is 6.61 Å². The number of aromatic nitrogens is 2. The summed E-state index contributed by atoms with van der Waals surface area (Å²) in [7, 11) is 0. The van der Waals surface area contributed by atoms with Crippen molar-refractivity contribution in [2.24, 2.45) is 0 Å². The van der Waals surface area contributed by atoms with Crippen LogP contribution in [0.2, 0.25) is 0 Å². The minimum Gasteiger partial charge on any atom is -0.494 e. The number of para-hydroxylation sites is 1. The summed E-state index contributed by atoms with van der Waals surface area (Å²) in [4.78, 5) is 29.5. The zero-order valence-electron chi connectivity index (χ0n) is 17.4. The summed E-state index contributed by atoms with van der Waals surface area (Å²) in [5.74, 6) is 0.655. The van der Waals surface area contributed by atoms with Gasteiger partial charge in [-0.2, -0.15) is 0 Å². The number of carbonyl (C=O) groups excluding carboxylic acids is 1. The summed E-state index contributed by atoms with van der Waals surface area (Å²) < 4.78 is 7.24. The molecular formula is C23H27N3O3. The molecule has 0 saturated heterocycles. The lowest BCUT2D eigenvalue weighted by Crippen LogP contribution is -2.29. The van der Waals surface area contributed by atoms with Gasteiger partial charge in [-0.3, -0.25) is 9.59 Å². The number of rotatable bonds is 7. The second-order valence-electron chi connectivity index (χ2n) is 7.15. The van der Waals surface area contributed by atoms with Crippen LogP contribution in [0.3, 0.4) is 0 Å². The van der Waals surface area contributed by atoms with E-state index in [9.17, 15) is 9.59 Å². The molecule has 29 heavy (non-hydrogen) atoms. The van der Waals surface area contributed by atoms with Gasteiger partial charge in [0.05, 0.1) is 17.6 Å². The summed E-state index contributed by atoms with van der Waals surface area (Å²) in [5.41, 5.74) is 4.96. The Morgan fingerprint density at radius 1 is 1.14 bits per heavy atom. The first-order valence-corrected chi connectivity index (χ1v) is 9.86. The third-order valence-electron chi connectivity index (χ3n) is 5.04. The molecule has 0 aliphatic rings. The van der Waals surface area contributed by atoms with E-state index < -0.39 is 0 Å². The van der Waals surface area contributed by atoms with Crippen LogP contribution in [0.4, 0.5) is 0 Å². The van der Waals surface area contributed by atoms with E-state index in [1.807, 2.05) is 57.2 Å². The molecule has 0 fully saturated rings. The van der Waals surface area contributed by atoms with E-state index in [-0.39, 0.29) is 17.9 Å². The second kappa shape index (κ2) is 8.90. The number of hydrogen-bond donors (Lipinski definition) is 1. The fourth-order valence-electron chi connectivity index (χ4n) is 3.29. The maximum Gasteiger partial charge on any atom is 0.272 e. The van der Waals surface area contributed by atoms with Gasteiger partial charge in [-0.05, 0) is 57.0 Å². The molecular weight excluding hydrogens is 366 g/mol. The van der Waals surface area contributed by atoms with Gasteiger partial charge in [0.1, 0.15) is 11.4 Å². The van der Waals surface area contributed by atoms with Crippen LogP contribution in [0.1, 0.15) is 35.7 Å². The SMILES string of the molecule is CCOc1ccccc1CNC(=O)CCn1c(=O)c(C)nc2cc(C)c(C)cc21. The van der Waals surface area contributed by atoms with Crippen molar-refractivity contribution >= 4 is 16.9 Å². The first-order chi connectivity index (χ1) is 13.9. The zero-order chi connectivity index (χ0) is 21.0. The lowest BCUT2D eigenvalue weighted by Gasteiger charge is -2.14. The van der Waals surface area contributed by atoms with E-state index in [1.165, 1.54) is 0 Å². The molecule has 2 aromatic carbocycles. The third-order valence-corrected chi connectivity index (χ3v) is 5.04. The summed E-state index contributed by atoms with van der Waals surface area (Å²) >= 11 is 0. The minimum atomic E-state index is -0.157. The molecule has 6 nitrogen and oxygen atoms in total. The Morgan fingerprint density at radius 3 is 2.62 bits per heavy atom. The van der Waals surface area contributed by atoms with E-state index in [4.69, 9.17) is 4.74 Å². The van der Waals surface area contributed by atoms with Crippen molar-refractivity contribution in [3.8, 4) is 5.75 Å². The van der Waals surface area contributed by atoms with Crippen LogP contribution in [0.25, 0.3) is 11.0 Å². The molecule has 152 valence electrons. The van der Waals surface area contributed by atoms with E-state index in [0.717, 1.165) is 33.5 Å². The van der Waals surface area contributed by atoms with Gasteiger partial charge in [-0.1, -0.05) is 18.2 Å². The number of aryl methyl sites for hydroxylation is 4. The Morgan fingerprint density at radius 2 is 1.86 bits per heavy atom. The predicted molar refractivity (Wildman–Crippen MR) is 114 cm³/mol. The van der Waals surface area contributed by atoms with Crippen LogP contribution < -0.4 is 15.6 Å². The van der Waals surface area contributed by atoms with Gasteiger partial charge >= 0.3 is 0 Å². The molecule has 1 aromatic heterocycles. The molecule has 3 rings (SSSR count). The third kappa shape index (κ3) is 4.65. The Labute approximate surface area is 170 Å². The van der Waals surface area contributed by atoms with E-state index in [0.29, 0.717) is 25.4 Å². The van der Waals surface area contributed by atoms with Crippen LogP contribution in [0, 0.1) is 20.8 Å². The molecule has 0 unspecified atom stereocenters. The van der Waals surface area contributed by atoms with Crippen molar-refractivity contribution in [1.29, 1.82) is 0 Å². The summed E-state index contributed by atoms with van der Waals surface area (Å²) in [6, 6.07) is 11.6. The Bertz CT molecular complexity index is 1100. The predicted octanol–water partition coefficient (Wildman–Crippen LogP) is 3.43. The molecule has 0 radical (unpaired) electrons. The molecule has 0 bridgehead atoms. The maximum atomic E-state index is 12.6. The van der Waals surface area contributed by atoms with E-state index in [1.54, 1.807) is 11.5 Å². The van der Waals surface area contributed by atoms with Gasteiger partial charge in [0.15, 0.2) is 0 Å². The summed E-state index contributed by atoms with van der Waals surface area (Å²) in [6.07, 6.45) is 0.211. The van der Waals surface area contributed by atoms with Gasteiger partial charge in [-0.25, -0.2) is 4.98 Å². The van der Waals surface area contributed by atoms with Crippen molar-refractivity contribution in [3.05, 3.63) is 69.1 Å². The fourth-order valence-corrected chi connectivity index (χ4v) is 3.29. The second-order valence-corrected chi connectivity index (χ2v) is 7.15. The van der Waals surface area contributed by atoms with Crippen LogP contribution >= 0.6 is 0 Å². The number of hydrogen-bond acceptors (Lipinski definition) is 4. The number of ether oxygens (including phenoxy) is 1. The average molecular weight is 393 g/mol. The van der Waals surface area contributed by atoms with Gasteiger partial charge in [0, 0.05) is 25.1 Å². The highest BCUT2D eigenvalue weighted by atomic mass is 16.5. The highest BCUT2D eigenvalue weighted by molar-refractivity contribution is 5.78. The number of benzene rings is 2. The van der Waals surface area contributed by atoms with E-state index in [2.05, 4.69) is 10.3 Å². The number of amides is 1. The maximum absolute atomic E-state index is 12.6. The van der Waals surface area contributed by atoms with Crippen molar-refractivity contribution < 1.29 is 9.53 Å². The Hall–Kier alpha value is -3.15. The van der Waals surface area contributed by atoms with Crippen LogP contribution in [0.15, 0.2) is 41.2 Å². The standard InChI is InChI=1S/C23H27N3O3/c1-5-29-21-9-7-6-8-18(21)14-24-22(27)10-11-26-20-13-16(3)15(2)12-19(20)25-17(4)23(26)28/h6-9,12-13H,5,10-11,14H2,1-4H3,(H,24,27). The molecule has 0 saturated carbocycles. The minimum absolute atomic E-state index is 0.116. The molecule has 0 spiro atoms. The molecule has 0 atom stereocenters. The van der Waals surface area contributed by atoms with Crippen LogP contribution in [0.5, 0.6) is 5.75 Å². The summed E-state index contributed by atoms with van der Waals surface area (Å²) in [5, 5.41) is 2.92. The largest absolute Gasteiger partial charge is 0.494 e. The van der Waals surface area contributed by atoms with Gasteiger partial charge < -0.3 is 14.6 Å². The van der Waals surface area contributed by atoms with Crippen molar-refractivity contribution in [1.82, 2.24) is 14.9 Å². The van der Waals surface area contributed by atoms with Crippen molar-refractivity contribution in [2.45, 2.75) is 47.2 Å². The average Bonchev–Trinajstić information content (AvgIpc) is 2.70. The van der Waals surface area contributed by atoms with Gasteiger partial charge in [-0.15, -0.1) is 0 Å². The lowest BCUT2D eigenvalue weighted by molar-refractivity contribution is -0.121. The lowest BCUT2D eigenvalue weighted by atomic mass is 10.1. The normalized spacial score (nSPS) is 10.9. The highest BCUT2D eigenvalue weighted by Crippen LogP contribution is 2.18. The molecule has 6 heteroatoms. The first-order valence-electron chi connectivity index (χ1n) is 9.86. The Balaban J connectivity index is 1.74. The zero-order valence-corrected chi connectivity index (χ0v) is 17.4. The van der Waals surface area contributed by atoms with Crippen LogP contribution in [-0.2, 0) is 17.9 Å². The van der Waals surface area contributed by atoms with Crippen LogP contribution in [-0.4, -0.2) is 22.1 Å². The fraction of sp³-hybridized carbons (Fsp3) is 0.348. The molecule has 0 aliphatic carbocycles. The summed E-state index contributed by atoms with van der Waals surface area (Å²) in [6.45, 7) is 8.93. The topological polar surface area (TPSA) is 73.2 Å².